The van der Waals surface area contributed by atoms with Crippen molar-refractivity contribution in [2.24, 2.45) is 0 Å². The van der Waals surface area contributed by atoms with Gasteiger partial charge in [-0.25, -0.2) is 9.69 Å². The van der Waals surface area contributed by atoms with Crippen molar-refractivity contribution >= 4 is 46.0 Å². The van der Waals surface area contributed by atoms with E-state index in [-0.39, 0.29) is 35.4 Å². The highest BCUT2D eigenvalue weighted by Crippen LogP contribution is 2.38. The highest BCUT2D eigenvalue weighted by atomic mass is 32.2. The molecule has 0 saturated carbocycles. The largest absolute Gasteiger partial charge is 0.446 e. The second-order valence-corrected chi connectivity index (χ2v) is 9.73. The number of urea groups is 1. The topological polar surface area (TPSA) is 56.8 Å². The zero-order chi connectivity index (χ0) is 24.6. The Bertz CT molecular complexity index is 1260. The fourth-order valence-corrected chi connectivity index (χ4v) is 5.22. The molecule has 5 rings (SSSR count). The number of halogens is 3. The molecule has 2 aliphatic heterocycles. The highest BCUT2D eigenvalue weighted by molar-refractivity contribution is 8.00. The molecular formula is C25H23F3N4O2S. The Balaban J connectivity index is 1.43. The summed E-state index contributed by atoms with van der Waals surface area (Å²) in [5.74, 6) is -0.413. The third-order valence-electron chi connectivity index (χ3n) is 6.28. The second kappa shape index (κ2) is 9.41. The number of nitrogens with zero attached hydrogens (tertiary/aromatic N) is 4. The number of carbonyl (C=O) groups is 2. The molecule has 0 aliphatic carbocycles. The molecule has 3 aromatic rings. The molecule has 0 radical (unpaired) electrons. The van der Waals surface area contributed by atoms with Crippen molar-refractivity contribution in [3.05, 3.63) is 60.3 Å². The number of piperidine rings is 1. The Hall–Kier alpha value is -3.27. The van der Waals surface area contributed by atoms with Gasteiger partial charge in [-0.3, -0.25) is 9.78 Å². The van der Waals surface area contributed by atoms with Gasteiger partial charge in [0.15, 0.2) is 0 Å². The van der Waals surface area contributed by atoms with Gasteiger partial charge >= 0.3 is 11.5 Å². The van der Waals surface area contributed by atoms with Crippen molar-refractivity contribution < 1.29 is 22.8 Å². The fraction of sp³-hybridized carbons (Fsp3) is 0.320. The van der Waals surface area contributed by atoms with E-state index in [1.165, 1.54) is 35.6 Å². The number of benzene rings is 2. The molecular weight excluding hydrogens is 477 g/mol. The van der Waals surface area contributed by atoms with Crippen LogP contribution in [0.1, 0.15) is 24.8 Å². The van der Waals surface area contributed by atoms with Gasteiger partial charge in [0.25, 0.3) is 5.91 Å². The second-order valence-electron chi connectivity index (χ2n) is 8.60. The van der Waals surface area contributed by atoms with Crippen LogP contribution in [0.2, 0.25) is 0 Å². The molecule has 3 amide bonds. The Morgan fingerprint density at radius 2 is 1.66 bits per heavy atom. The highest BCUT2D eigenvalue weighted by Gasteiger charge is 2.38. The van der Waals surface area contributed by atoms with E-state index in [4.69, 9.17) is 0 Å². The van der Waals surface area contributed by atoms with Crippen LogP contribution in [0.4, 0.5) is 29.3 Å². The zero-order valence-electron chi connectivity index (χ0n) is 18.8. The summed E-state index contributed by atoms with van der Waals surface area (Å²) in [5.41, 5.74) is -1.43. The molecule has 3 heterocycles. The van der Waals surface area contributed by atoms with Crippen molar-refractivity contribution in [2.45, 2.75) is 36.2 Å². The number of aromatic nitrogens is 1. The number of imide groups is 1. The zero-order valence-corrected chi connectivity index (χ0v) is 19.6. The Morgan fingerprint density at radius 3 is 2.37 bits per heavy atom. The number of carbonyl (C=O) groups excluding carboxylic acids is 2. The van der Waals surface area contributed by atoms with E-state index >= 15 is 0 Å². The van der Waals surface area contributed by atoms with E-state index in [0.717, 1.165) is 53.0 Å². The molecule has 0 bridgehead atoms. The third-order valence-corrected chi connectivity index (χ3v) is 7.02. The molecule has 2 aliphatic rings. The van der Waals surface area contributed by atoms with Gasteiger partial charge in [0.05, 0.1) is 29.6 Å². The summed E-state index contributed by atoms with van der Waals surface area (Å²) in [4.78, 5) is 35.5. The predicted molar refractivity (Wildman–Crippen MR) is 129 cm³/mol. The first-order chi connectivity index (χ1) is 16.8. The van der Waals surface area contributed by atoms with Gasteiger partial charge in [0.2, 0.25) is 0 Å². The monoisotopic (exact) mass is 500 g/mol. The summed E-state index contributed by atoms with van der Waals surface area (Å²) < 4.78 is 37.9. The lowest BCUT2D eigenvalue weighted by atomic mass is 10.0. The lowest BCUT2D eigenvalue weighted by Crippen LogP contribution is -2.34. The van der Waals surface area contributed by atoms with Crippen molar-refractivity contribution in [3.8, 4) is 0 Å². The van der Waals surface area contributed by atoms with Crippen LogP contribution in [-0.2, 0) is 11.3 Å². The molecule has 10 heteroatoms. The van der Waals surface area contributed by atoms with Gasteiger partial charge in [0, 0.05) is 28.9 Å². The van der Waals surface area contributed by atoms with E-state index in [2.05, 4.69) is 9.88 Å². The van der Waals surface area contributed by atoms with Crippen molar-refractivity contribution in [2.75, 3.05) is 29.4 Å². The maximum absolute atomic E-state index is 13.3. The van der Waals surface area contributed by atoms with Crippen LogP contribution >= 0.6 is 11.8 Å². The number of para-hydroxylation sites is 1. The van der Waals surface area contributed by atoms with E-state index < -0.39 is 17.4 Å². The first kappa shape index (κ1) is 23.5. The maximum atomic E-state index is 13.3. The summed E-state index contributed by atoms with van der Waals surface area (Å²) in [7, 11) is 0. The van der Waals surface area contributed by atoms with Crippen LogP contribution in [-0.4, -0.2) is 47.0 Å². The van der Waals surface area contributed by atoms with E-state index in [1.54, 1.807) is 0 Å². The average molecular weight is 501 g/mol. The predicted octanol–water partition coefficient (Wildman–Crippen LogP) is 5.81. The first-order valence-corrected chi connectivity index (χ1v) is 12.2. The Kier molecular flexibility index (Phi) is 6.31. The summed E-state index contributed by atoms with van der Waals surface area (Å²) >= 11 is -0.237. The summed E-state index contributed by atoms with van der Waals surface area (Å²) in [5, 5.41) is 0.933. The smallest absolute Gasteiger partial charge is 0.370 e. The van der Waals surface area contributed by atoms with Gasteiger partial charge in [0.1, 0.15) is 6.54 Å². The van der Waals surface area contributed by atoms with E-state index in [0.29, 0.717) is 0 Å². The number of hydrogen-bond acceptors (Lipinski definition) is 5. The number of anilines is 2. The summed E-state index contributed by atoms with van der Waals surface area (Å²) in [6.45, 7) is 1.95. The van der Waals surface area contributed by atoms with Crippen LogP contribution in [0.25, 0.3) is 10.9 Å². The van der Waals surface area contributed by atoms with Crippen LogP contribution in [0.5, 0.6) is 0 Å². The normalized spacial score (nSPS) is 17.1. The Morgan fingerprint density at radius 1 is 0.943 bits per heavy atom. The van der Waals surface area contributed by atoms with E-state index in [1.807, 2.05) is 30.5 Å². The summed E-state index contributed by atoms with van der Waals surface area (Å²) in [6, 6.07) is 12.5. The van der Waals surface area contributed by atoms with Crippen LogP contribution in [0, 0.1) is 0 Å². The minimum absolute atomic E-state index is 0.00775. The minimum Gasteiger partial charge on any atom is -0.370 e. The lowest BCUT2D eigenvalue weighted by Gasteiger charge is -2.31. The lowest BCUT2D eigenvalue weighted by molar-refractivity contribution is -0.116. The maximum Gasteiger partial charge on any atom is 0.446 e. The average Bonchev–Trinajstić information content (AvgIpc) is 3.12. The van der Waals surface area contributed by atoms with Crippen molar-refractivity contribution in [3.63, 3.8) is 0 Å². The number of rotatable bonds is 5. The standard InChI is InChI=1S/C25H23F3N4O2S/c26-25(27,28)35-18-10-8-17(9-11-18)32-23(33)16-31(24(32)34)15-20-19-6-2-3-7-21(19)29-14-22(20)30-12-4-1-5-13-30/h2-3,6-11,14H,1,4-5,12-13,15-16H2. The molecule has 0 atom stereocenters. The number of amides is 3. The summed E-state index contributed by atoms with van der Waals surface area (Å²) in [6.07, 6.45) is 5.20. The molecule has 182 valence electrons. The van der Waals surface area contributed by atoms with E-state index in [9.17, 15) is 22.8 Å². The number of pyridine rings is 1. The molecule has 0 spiro atoms. The number of alkyl halides is 3. The Labute approximate surface area is 204 Å². The van der Waals surface area contributed by atoms with Gasteiger partial charge < -0.3 is 9.80 Å². The molecule has 0 unspecified atom stereocenters. The molecule has 2 aromatic carbocycles. The quantitative estimate of drug-likeness (QED) is 0.327. The first-order valence-electron chi connectivity index (χ1n) is 11.4. The third kappa shape index (κ3) is 4.93. The van der Waals surface area contributed by atoms with Crippen LogP contribution < -0.4 is 9.80 Å². The molecule has 1 aromatic heterocycles. The fourth-order valence-electron chi connectivity index (χ4n) is 4.68. The van der Waals surface area contributed by atoms with Crippen molar-refractivity contribution in [1.82, 2.24) is 9.88 Å². The molecule has 35 heavy (non-hydrogen) atoms. The van der Waals surface area contributed by atoms with Crippen LogP contribution in [0.3, 0.4) is 0 Å². The minimum atomic E-state index is -4.41. The van der Waals surface area contributed by atoms with Gasteiger partial charge in [-0.05, 0) is 61.4 Å². The SMILES string of the molecule is O=C1CN(Cc2c(N3CCCCC3)cnc3ccccc23)C(=O)N1c1ccc(SC(F)(F)F)cc1. The molecule has 0 N–H and O–H groups in total. The number of thioether (sulfide) groups is 1. The van der Waals surface area contributed by atoms with Gasteiger partial charge in [-0.1, -0.05) is 18.2 Å². The molecule has 2 saturated heterocycles. The van der Waals surface area contributed by atoms with Gasteiger partial charge in [-0.15, -0.1) is 0 Å². The van der Waals surface area contributed by atoms with Gasteiger partial charge in [-0.2, -0.15) is 13.2 Å². The number of hydrogen-bond donors (Lipinski definition) is 0. The number of fused-ring (bicyclic) bond motifs is 1. The van der Waals surface area contributed by atoms with Crippen LogP contribution in [0.15, 0.2) is 59.6 Å². The molecule has 2 fully saturated rings. The molecule has 6 nitrogen and oxygen atoms in total. The van der Waals surface area contributed by atoms with Crippen molar-refractivity contribution in [1.29, 1.82) is 0 Å².